The zero-order valence-electron chi connectivity index (χ0n) is 16.0. The topological polar surface area (TPSA) is 58.6 Å². The first-order valence-corrected chi connectivity index (χ1v) is 10.9. The number of para-hydroxylation sites is 1. The third-order valence-corrected chi connectivity index (χ3v) is 6.66. The van der Waals surface area contributed by atoms with E-state index in [1.807, 2.05) is 18.2 Å². The van der Waals surface area contributed by atoms with Crippen LogP contribution in [0.3, 0.4) is 0 Å². The number of carbonyl (C=O) groups excluding carboxylic acids is 2. The van der Waals surface area contributed by atoms with Crippen LogP contribution in [-0.2, 0) is 17.6 Å². The van der Waals surface area contributed by atoms with E-state index in [-0.39, 0.29) is 11.8 Å². The molecule has 1 saturated heterocycles. The maximum Gasteiger partial charge on any atom is 0.265 e. The molecule has 1 aromatic heterocycles. The van der Waals surface area contributed by atoms with Crippen molar-refractivity contribution in [3.63, 3.8) is 0 Å². The van der Waals surface area contributed by atoms with Crippen molar-refractivity contribution in [1.82, 2.24) is 4.90 Å². The van der Waals surface area contributed by atoms with E-state index in [1.165, 1.54) is 36.1 Å². The molecule has 0 saturated carbocycles. The fourth-order valence-corrected chi connectivity index (χ4v) is 5.00. The van der Waals surface area contributed by atoms with Crippen molar-refractivity contribution < 1.29 is 14.3 Å². The average Bonchev–Trinajstić information content (AvgIpc) is 3.10. The van der Waals surface area contributed by atoms with Crippen LogP contribution in [-0.4, -0.2) is 43.0 Å². The summed E-state index contributed by atoms with van der Waals surface area (Å²) in [5.74, 6) is -0.184. The van der Waals surface area contributed by atoms with Gasteiger partial charge in [-0.3, -0.25) is 9.59 Å². The van der Waals surface area contributed by atoms with Crippen LogP contribution in [0.5, 0.6) is 0 Å². The number of nitrogens with one attached hydrogen (secondary N) is 1. The molecule has 1 aliphatic carbocycles. The summed E-state index contributed by atoms with van der Waals surface area (Å²) in [6.45, 7) is 2.28. The third-order valence-electron chi connectivity index (χ3n) is 5.42. The van der Waals surface area contributed by atoms with Gasteiger partial charge in [0.05, 0.1) is 29.3 Å². The van der Waals surface area contributed by atoms with Crippen molar-refractivity contribution in [3.8, 4) is 0 Å². The summed E-state index contributed by atoms with van der Waals surface area (Å²) in [6.07, 6.45) is 7.07. The minimum atomic E-state index is -0.126. The number of thiophene rings is 1. The molecular formula is C22H26N2O3S. The number of hydrogen-bond acceptors (Lipinski definition) is 4. The van der Waals surface area contributed by atoms with Crippen LogP contribution in [0.1, 0.15) is 56.2 Å². The lowest BCUT2D eigenvalue weighted by Gasteiger charge is -2.27. The summed E-state index contributed by atoms with van der Waals surface area (Å²) in [4.78, 5) is 29.7. The number of ether oxygens (including phenoxy) is 1. The zero-order chi connectivity index (χ0) is 19.3. The first-order valence-electron chi connectivity index (χ1n) is 10.1. The normalized spacial score (nSPS) is 17.4. The number of fused-ring (bicyclic) bond motifs is 1. The van der Waals surface area contributed by atoms with Gasteiger partial charge in [0.15, 0.2) is 0 Å². The molecule has 1 N–H and O–H groups in total. The van der Waals surface area contributed by atoms with Crippen LogP contribution in [0.4, 0.5) is 5.69 Å². The fraction of sp³-hybridized carbons (Fsp3) is 0.455. The third kappa shape index (κ3) is 4.28. The average molecular weight is 399 g/mol. The summed E-state index contributed by atoms with van der Waals surface area (Å²) in [5.41, 5.74) is 2.44. The molecular weight excluding hydrogens is 372 g/mol. The van der Waals surface area contributed by atoms with Gasteiger partial charge in [-0.05, 0) is 49.4 Å². The number of benzene rings is 1. The Morgan fingerprint density at radius 3 is 2.57 bits per heavy atom. The molecule has 2 aromatic rings. The molecule has 2 heterocycles. The van der Waals surface area contributed by atoms with Crippen LogP contribution >= 0.6 is 11.3 Å². The maximum atomic E-state index is 12.9. The standard InChI is InChI=1S/C22H26N2O3S/c25-21(20-15-16-7-3-1-2-4-10-19(16)28-20)23-18-9-6-5-8-17(18)22(26)24-11-13-27-14-12-24/h5-6,8-9,15H,1-4,7,10-14H2,(H,23,25). The molecule has 4 rings (SSSR count). The minimum absolute atomic E-state index is 0.0577. The maximum absolute atomic E-state index is 12.9. The summed E-state index contributed by atoms with van der Waals surface area (Å²) < 4.78 is 5.33. The fourth-order valence-electron chi connectivity index (χ4n) is 3.86. The monoisotopic (exact) mass is 398 g/mol. The molecule has 6 heteroatoms. The number of rotatable bonds is 3. The van der Waals surface area contributed by atoms with Gasteiger partial charge in [-0.15, -0.1) is 11.3 Å². The van der Waals surface area contributed by atoms with Gasteiger partial charge in [-0.1, -0.05) is 25.0 Å². The van der Waals surface area contributed by atoms with Crippen molar-refractivity contribution in [2.45, 2.75) is 38.5 Å². The highest BCUT2D eigenvalue weighted by Gasteiger charge is 2.22. The number of anilines is 1. The molecule has 1 fully saturated rings. The smallest absolute Gasteiger partial charge is 0.265 e. The van der Waals surface area contributed by atoms with Crippen LogP contribution in [0, 0.1) is 0 Å². The molecule has 148 valence electrons. The van der Waals surface area contributed by atoms with Gasteiger partial charge >= 0.3 is 0 Å². The van der Waals surface area contributed by atoms with Crippen molar-refractivity contribution in [3.05, 3.63) is 51.2 Å². The van der Waals surface area contributed by atoms with Crippen LogP contribution in [0.15, 0.2) is 30.3 Å². The molecule has 1 aromatic carbocycles. The highest BCUT2D eigenvalue weighted by molar-refractivity contribution is 7.14. The Morgan fingerprint density at radius 2 is 1.75 bits per heavy atom. The van der Waals surface area contributed by atoms with E-state index in [2.05, 4.69) is 5.32 Å². The van der Waals surface area contributed by atoms with Crippen LogP contribution in [0.2, 0.25) is 0 Å². The quantitative estimate of drug-likeness (QED) is 0.846. The Labute approximate surface area is 169 Å². The van der Waals surface area contributed by atoms with Crippen molar-refractivity contribution in [2.24, 2.45) is 0 Å². The van der Waals surface area contributed by atoms with Gasteiger partial charge in [0.1, 0.15) is 0 Å². The van der Waals surface area contributed by atoms with Gasteiger partial charge < -0.3 is 15.0 Å². The summed E-state index contributed by atoms with van der Waals surface area (Å²) in [5, 5.41) is 2.98. The van der Waals surface area contributed by atoms with Crippen molar-refractivity contribution in [1.29, 1.82) is 0 Å². The summed E-state index contributed by atoms with van der Waals surface area (Å²) in [6, 6.07) is 9.31. The van der Waals surface area contributed by atoms with Gasteiger partial charge in [0.2, 0.25) is 0 Å². The molecule has 0 bridgehead atoms. The number of amides is 2. The summed E-state index contributed by atoms with van der Waals surface area (Å²) in [7, 11) is 0. The van der Waals surface area contributed by atoms with E-state index < -0.39 is 0 Å². The lowest BCUT2D eigenvalue weighted by atomic mass is 10.00. The van der Waals surface area contributed by atoms with E-state index in [1.54, 1.807) is 28.4 Å². The largest absolute Gasteiger partial charge is 0.378 e. The first-order chi connectivity index (χ1) is 13.7. The zero-order valence-corrected chi connectivity index (χ0v) is 16.9. The molecule has 1 aliphatic heterocycles. The van der Waals surface area contributed by atoms with Gasteiger partial charge in [0, 0.05) is 18.0 Å². The molecule has 2 amide bonds. The number of aryl methyl sites for hydroxylation is 2. The first kappa shape index (κ1) is 19.2. The second-order valence-corrected chi connectivity index (χ2v) is 8.51. The van der Waals surface area contributed by atoms with Crippen molar-refractivity contribution in [2.75, 3.05) is 31.6 Å². The highest BCUT2D eigenvalue weighted by atomic mass is 32.1. The lowest BCUT2D eigenvalue weighted by Crippen LogP contribution is -2.41. The predicted molar refractivity (Wildman–Crippen MR) is 111 cm³/mol. The van der Waals surface area contributed by atoms with Crippen molar-refractivity contribution >= 4 is 28.8 Å². The second kappa shape index (κ2) is 8.88. The Balaban J connectivity index is 1.52. The van der Waals surface area contributed by atoms with Gasteiger partial charge in [0.25, 0.3) is 11.8 Å². The van der Waals surface area contributed by atoms with Gasteiger partial charge in [-0.25, -0.2) is 0 Å². The SMILES string of the molecule is O=C(Nc1ccccc1C(=O)N1CCOCC1)c1cc2c(s1)CCCCCC2. The molecule has 0 atom stereocenters. The summed E-state index contributed by atoms with van der Waals surface area (Å²) >= 11 is 1.60. The Bertz CT molecular complexity index is 830. The van der Waals surface area contributed by atoms with E-state index in [4.69, 9.17) is 4.74 Å². The molecule has 28 heavy (non-hydrogen) atoms. The Morgan fingerprint density at radius 1 is 1.00 bits per heavy atom. The Kier molecular flexibility index (Phi) is 6.07. The highest BCUT2D eigenvalue weighted by Crippen LogP contribution is 2.29. The number of nitrogens with zero attached hydrogens (tertiary/aromatic N) is 1. The minimum Gasteiger partial charge on any atom is -0.378 e. The van der Waals surface area contributed by atoms with Gasteiger partial charge in [-0.2, -0.15) is 0 Å². The van der Waals surface area contributed by atoms with E-state index >= 15 is 0 Å². The van der Waals surface area contributed by atoms with E-state index in [0.717, 1.165) is 17.7 Å². The number of hydrogen-bond donors (Lipinski definition) is 1. The lowest BCUT2D eigenvalue weighted by molar-refractivity contribution is 0.0303. The second-order valence-electron chi connectivity index (χ2n) is 7.38. The number of carbonyl (C=O) groups is 2. The van der Waals surface area contributed by atoms with Crippen LogP contribution in [0.25, 0.3) is 0 Å². The van der Waals surface area contributed by atoms with Crippen LogP contribution < -0.4 is 5.32 Å². The molecule has 5 nitrogen and oxygen atoms in total. The Hall–Kier alpha value is -2.18. The molecule has 0 spiro atoms. The molecule has 2 aliphatic rings. The van der Waals surface area contributed by atoms with E-state index in [0.29, 0.717) is 37.6 Å². The number of morpholine rings is 1. The van der Waals surface area contributed by atoms with E-state index in [9.17, 15) is 9.59 Å². The molecule has 0 unspecified atom stereocenters. The molecule has 0 radical (unpaired) electrons. The predicted octanol–water partition coefficient (Wildman–Crippen LogP) is 4.13.